The number of rotatable bonds is 3. The number of hydrogen-bond acceptors (Lipinski definition) is 2. The summed E-state index contributed by atoms with van der Waals surface area (Å²) in [6.45, 7) is 1.81. The monoisotopic (exact) mass is 179 g/mol. The lowest BCUT2D eigenvalue weighted by molar-refractivity contribution is 0.558. The van der Waals surface area contributed by atoms with E-state index >= 15 is 0 Å². The van der Waals surface area contributed by atoms with E-state index in [9.17, 15) is 9.18 Å². The zero-order chi connectivity index (χ0) is 9.68. The van der Waals surface area contributed by atoms with Gasteiger partial charge in [0, 0.05) is 0 Å². The Balaban J connectivity index is 2.64. The molecular weight excluding hydrogens is 169 g/mol. The summed E-state index contributed by atoms with van der Waals surface area (Å²) in [7, 11) is 0. The molecule has 1 atom stereocenters. The van der Waals surface area contributed by atoms with Gasteiger partial charge in [0.25, 0.3) is 0 Å². The minimum absolute atomic E-state index is 0.0945. The highest BCUT2D eigenvalue weighted by Crippen LogP contribution is 2.06. The van der Waals surface area contributed by atoms with E-state index in [4.69, 9.17) is 0 Å². The molecule has 1 rings (SSSR count). The standard InChI is InChI=1S/C10H10FNO/c1-8(12-7-13)6-9-2-4-10(11)5-3-9/h2-5,8H,6H2,1H3. The molecule has 0 aromatic heterocycles. The van der Waals surface area contributed by atoms with Crippen LogP contribution in [0.3, 0.4) is 0 Å². The fourth-order valence-electron chi connectivity index (χ4n) is 1.10. The van der Waals surface area contributed by atoms with Crippen molar-refractivity contribution >= 4 is 6.08 Å². The van der Waals surface area contributed by atoms with Crippen molar-refractivity contribution in [2.45, 2.75) is 19.4 Å². The van der Waals surface area contributed by atoms with Crippen LogP contribution in [0.15, 0.2) is 29.3 Å². The van der Waals surface area contributed by atoms with Crippen LogP contribution in [0.1, 0.15) is 12.5 Å². The van der Waals surface area contributed by atoms with E-state index in [0.29, 0.717) is 6.42 Å². The van der Waals surface area contributed by atoms with E-state index in [1.54, 1.807) is 12.1 Å². The molecule has 0 radical (unpaired) electrons. The lowest BCUT2D eigenvalue weighted by Gasteiger charge is -2.03. The van der Waals surface area contributed by atoms with Crippen LogP contribution in [0.4, 0.5) is 4.39 Å². The molecule has 0 saturated heterocycles. The summed E-state index contributed by atoms with van der Waals surface area (Å²) in [5.41, 5.74) is 0.966. The molecule has 0 aliphatic rings. The quantitative estimate of drug-likeness (QED) is 0.516. The summed E-state index contributed by atoms with van der Waals surface area (Å²) in [5, 5.41) is 0. The van der Waals surface area contributed by atoms with Crippen molar-refractivity contribution in [1.29, 1.82) is 0 Å². The van der Waals surface area contributed by atoms with Gasteiger partial charge in [-0.2, -0.15) is 0 Å². The average Bonchev–Trinajstić information content (AvgIpc) is 2.09. The smallest absolute Gasteiger partial charge is 0.211 e. The summed E-state index contributed by atoms with van der Waals surface area (Å²) in [6, 6.07) is 6.07. The number of nitrogens with zero attached hydrogens (tertiary/aromatic N) is 1. The second kappa shape index (κ2) is 4.53. The Bertz CT molecular complexity index is 314. The van der Waals surface area contributed by atoms with Gasteiger partial charge in [-0.25, -0.2) is 14.2 Å². The SMILES string of the molecule is CC(Cc1ccc(F)cc1)N=C=O. The molecule has 0 spiro atoms. The molecule has 0 fully saturated rings. The molecule has 0 heterocycles. The Morgan fingerprint density at radius 3 is 2.62 bits per heavy atom. The molecule has 0 N–H and O–H groups in total. The number of isocyanates is 1. The van der Waals surface area contributed by atoms with Crippen LogP contribution in [-0.2, 0) is 11.2 Å². The van der Waals surface area contributed by atoms with Crippen molar-refractivity contribution in [2.24, 2.45) is 4.99 Å². The highest BCUT2D eigenvalue weighted by Gasteiger charge is 2.00. The van der Waals surface area contributed by atoms with Crippen LogP contribution in [0.2, 0.25) is 0 Å². The van der Waals surface area contributed by atoms with Gasteiger partial charge in [-0.3, -0.25) is 0 Å². The molecule has 1 unspecified atom stereocenters. The van der Waals surface area contributed by atoms with Gasteiger partial charge in [0.2, 0.25) is 6.08 Å². The van der Waals surface area contributed by atoms with Gasteiger partial charge in [0.05, 0.1) is 6.04 Å². The predicted octanol–water partition coefficient (Wildman–Crippen LogP) is 2.09. The van der Waals surface area contributed by atoms with Crippen molar-refractivity contribution in [2.75, 3.05) is 0 Å². The molecule has 68 valence electrons. The van der Waals surface area contributed by atoms with Gasteiger partial charge in [-0.1, -0.05) is 12.1 Å². The molecule has 2 nitrogen and oxygen atoms in total. The minimum Gasteiger partial charge on any atom is -0.211 e. The number of halogens is 1. The zero-order valence-corrected chi connectivity index (χ0v) is 7.33. The van der Waals surface area contributed by atoms with E-state index in [1.807, 2.05) is 6.92 Å². The summed E-state index contributed by atoms with van der Waals surface area (Å²) in [4.78, 5) is 13.5. The maximum absolute atomic E-state index is 12.5. The molecule has 3 heteroatoms. The van der Waals surface area contributed by atoms with Crippen LogP contribution < -0.4 is 0 Å². The van der Waals surface area contributed by atoms with Crippen LogP contribution in [0.5, 0.6) is 0 Å². The van der Waals surface area contributed by atoms with Crippen molar-refractivity contribution < 1.29 is 9.18 Å². The first kappa shape index (κ1) is 9.62. The Hall–Kier alpha value is -1.47. The van der Waals surface area contributed by atoms with E-state index < -0.39 is 0 Å². The molecule has 1 aromatic rings. The Labute approximate surface area is 76.1 Å². The molecule has 0 aliphatic heterocycles. The third-order valence-electron chi connectivity index (χ3n) is 1.72. The number of hydrogen-bond donors (Lipinski definition) is 0. The van der Waals surface area contributed by atoms with Gasteiger partial charge in [-0.05, 0) is 31.0 Å². The molecule has 0 amide bonds. The van der Waals surface area contributed by atoms with Crippen molar-refractivity contribution in [3.05, 3.63) is 35.6 Å². The zero-order valence-electron chi connectivity index (χ0n) is 7.33. The summed E-state index contributed by atoms with van der Waals surface area (Å²) < 4.78 is 12.5. The van der Waals surface area contributed by atoms with Gasteiger partial charge in [-0.15, -0.1) is 0 Å². The average molecular weight is 179 g/mol. The van der Waals surface area contributed by atoms with Crippen LogP contribution in [0, 0.1) is 5.82 Å². The number of carbonyl (C=O) groups excluding carboxylic acids is 1. The van der Waals surface area contributed by atoms with E-state index in [2.05, 4.69) is 4.99 Å². The fourth-order valence-corrected chi connectivity index (χ4v) is 1.10. The number of aliphatic imine (C=N–C) groups is 1. The highest BCUT2D eigenvalue weighted by atomic mass is 19.1. The topological polar surface area (TPSA) is 29.4 Å². The second-order valence-electron chi connectivity index (χ2n) is 2.90. The summed E-state index contributed by atoms with van der Waals surface area (Å²) in [5.74, 6) is -0.254. The maximum atomic E-state index is 12.5. The summed E-state index contributed by atoms with van der Waals surface area (Å²) in [6.07, 6.45) is 2.13. The normalized spacial score (nSPS) is 11.8. The molecule has 1 aromatic carbocycles. The van der Waals surface area contributed by atoms with E-state index in [-0.39, 0.29) is 11.9 Å². The lowest BCUT2D eigenvalue weighted by Crippen LogP contribution is -2.02. The Morgan fingerprint density at radius 1 is 1.46 bits per heavy atom. The minimum atomic E-state index is -0.254. The van der Waals surface area contributed by atoms with Crippen molar-refractivity contribution in [3.63, 3.8) is 0 Å². The van der Waals surface area contributed by atoms with E-state index in [0.717, 1.165) is 5.56 Å². The van der Waals surface area contributed by atoms with Crippen LogP contribution >= 0.6 is 0 Å². The lowest BCUT2D eigenvalue weighted by atomic mass is 10.1. The first-order valence-electron chi connectivity index (χ1n) is 4.04. The maximum Gasteiger partial charge on any atom is 0.235 e. The van der Waals surface area contributed by atoms with Gasteiger partial charge in [0.15, 0.2) is 0 Å². The fraction of sp³-hybridized carbons (Fsp3) is 0.300. The summed E-state index contributed by atoms with van der Waals surface area (Å²) >= 11 is 0. The molecule has 13 heavy (non-hydrogen) atoms. The van der Waals surface area contributed by atoms with E-state index in [1.165, 1.54) is 18.2 Å². The third-order valence-corrected chi connectivity index (χ3v) is 1.72. The highest BCUT2D eigenvalue weighted by molar-refractivity contribution is 5.33. The van der Waals surface area contributed by atoms with Crippen LogP contribution in [0.25, 0.3) is 0 Å². The van der Waals surface area contributed by atoms with Gasteiger partial charge >= 0.3 is 0 Å². The Kier molecular flexibility index (Phi) is 3.35. The third kappa shape index (κ3) is 3.18. The first-order chi connectivity index (χ1) is 6.22. The van der Waals surface area contributed by atoms with Crippen LogP contribution in [-0.4, -0.2) is 12.1 Å². The number of benzene rings is 1. The van der Waals surface area contributed by atoms with Gasteiger partial charge in [0.1, 0.15) is 5.82 Å². The largest absolute Gasteiger partial charge is 0.235 e. The first-order valence-corrected chi connectivity index (χ1v) is 4.04. The second-order valence-corrected chi connectivity index (χ2v) is 2.90. The molecular formula is C10H10FNO. The molecule has 0 aliphatic carbocycles. The molecule has 0 bridgehead atoms. The van der Waals surface area contributed by atoms with Crippen molar-refractivity contribution in [3.8, 4) is 0 Å². The predicted molar refractivity (Wildman–Crippen MR) is 47.7 cm³/mol. The Morgan fingerprint density at radius 2 is 2.08 bits per heavy atom. The van der Waals surface area contributed by atoms with Crippen molar-refractivity contribution in [1.82, 2.24) is 0 Å². The molecule has 0 saturated carbocycles. The van der Waals surface area contributed by atoms with Gasteiger partial charge < -0.3 is 0 Å².